The van der Waals surface area contributed by atoms with Crippen LogP contribution in [0.1, 0.15) is 154 Å². The van der Waals surface area contributed by atoms with E-state index in [1.807, 2.05) is 95.4 Å². The number of urea groups is 1. The Hall–Kier alpha value is -8.13. The number of nitrogens with zero attached hydrogens (tertiary/aromatic N) is 6. The lowest BCUT2D eigenvalue weighted by molar-refractivity contribution is -0.248. The number of rotatable bonds is 34. The Balaban J connectivity index is 0.753. The largest absolute Gasteiger partial charge is 0.476 e. The molecule has 542 valence electrons. The number of carbonyl (C=O) groups excluding carboxylic acids is 7. The number of ketones is 1. The minimum atomic E-state index is -4.50. The van der Waals surface area contributed by atoms with Crippen LogP contribution in [0.3, 0.4) is 0 Å². The van der Waals surface area contributed by atoms with E-state index in [-0.39, 0.29) is 103 Å². The van der Waals surface area contributed by atoms with Crippen molar-refractivity contribution in [2.24, 2.45) is 33.8 Å². The number of alkyl halides is 1. The van der Waals surface area contributed by atoms with Crippen molar-refractivity contribution in [2.45, 2.75) is 156 Å². The number of fused-ring (bicyclic) bond motifs is 2. The summed E-state index contributed by atoms with van der Waals surface area (Å²) in [6, 6.07) is 21.9. The Morgan fingerprint density at radius 1 is 0.822 bits per heavy atom. The number of nitrogens with two attached hydrogens (primary N) is 1. The first kappa shape index (κ1) is 75.5. The number of carboxylic acids is 1. The summed E-state index contributed by atoms with van der Waals surface area (Å²) in [7, 11) is -4.50. The van der Waals surface area contributed by atoms with Crippen molar-refractivity contribution in [2.75, 3.05) is 65.0 Å². The van der Waals surface area contributed by atoms with Gasteiger partial charge in [0.2, 0.25) is 17.7 Å². The average molecular weight is 1540 g/mol. The van der Waals surface area contributed by atoms with Crippen LogP contribution in [0.4, 0.5) is 26.2 Å². The summed E-state index contributed by atoms with van der Waals surface area (Å²) >= 11 is 3.39. The van der Waals surface area contributed by atoms with Crippen LogP contribution in [-0.2, 0) is 64.9 Å². The van der Waals surface area contributed by atoms with Crippen LogP contribution in [0.25, 0.3) is 21.3 Å². The summed E-state index contributed by atoms with van der Waals surface area (Å²) in [4.78, 5) is 117. The predicted octanol–water partition coefficient (Wildman–Crippen LogP) is 10.3. The number of unbranched alkanes of at least 4 members (excludes halogenated alkanes) is 2. The lowest BCUT2D eigenvalue weighted by Gasteiger charge is -2.69. The number of ether oxygens (including phenoxy) is 2. The zero-order valence-corrected chi connectivity index (χ0v) is 61.5. The fourth-order valence-corrected chi connectivity index (χ4v) is 18.0. The number of benzene rings is 3. The minimum absolute atomic E-state index is 0.0402. The lowest BCUT2D eigenvalue weighted by Crippen LogP contribution is -2.64. The Morgan fingerprint density at radius 3 is 2.27 bits per heavy atom. The first-order chi connectivity index (χ1) is 48.0. The van der Waals surface area contributed by atoms with Crippen LogP contribution in [0, 0.1) is 35.0 Å². The Kier molecular flexibility index (Phi) is 24.3. The third-order valence-electron chi connectivity index (χ3n) is 19.9. The van der Waals surface area contributed by atoms with E-state index in [0.717, 1.165) is 59.1 Å². The molecule has 101 heavy (non-hydrogen) atoms. The van der Waals surface area contributed by atoms with Gasteiger partial charge in [0.1, 0.15) is 12.4 Å². The van der Waals surface area contributed by atoms with Crippen LogP contribution in [0.2, 0.25) is 0 Å². The summed E-state index contributed by atoms with van der Waals surface area (Å²) < 4.78 is 50.1. The van der Waals surface area contributed by atoms with Crippen molar-refractivity contribution in [3.05, 3.63) is 119 Å². The minimum Gasteiger partial charge on any atom is -0.476 e. The van der Waals surface area contributed by atoms with Crippen LogP contribution in [0.15, 0.2) is 85.1 Å². The Bertz CT molecular complexity index is 4130. The van der Waals surface area contributed by atoms with Gasteiger partial charge in [-0.3, -0.25) is 38.5 Å². The lowest BCUT2D eigenvalue weighted by atomic mass is 9.39. The molecule has 3 aromatic carbocycles. The predicted molar refractivity (Wildman–Crippen MR) is 391 cm³/mol. The van der Waals surface area contributed by atoms with Crippen molar-refractivity contribution in [3.63, 3.8) is 0 Å². The maximum absolute atomic E-state index is 13.9. The van der Waals surface area contributed by atoms with Gasteiger partial charge >= 0.3 is 18.1 Å². The number of carbonyl (C=O) groups is 8. The zero-order chi connectivity index (χ0) is 72.4. The van der Waals surface area contributed by atoms with Crippen molar-refractivity contribution in [1.29, 1.82) is 0 Å². The molecule has 29 heteroatoms. The molecule has 5 aliphatic rings. The van der Waals surface area contributed by atoms with Gasteiger partial charge in [-0.2, -0.15) is 13.5 Å². The first-order valence-electron chi connectivity index (χ1n) is 34.4. The van der Waals surface area contributed by atoms with Crippen molar-refractivity contribution < 1.29 is 65.9 Å². The molecule has 4 saturated carbocycles. The van der Waals surface area contributed by atoms with E-state index < -0.39 is 57.4 Å². The molecule has 9 N–H and O–H groups in total. The summed E-state index contributed by atoms with van der Waals surface area (Å²) in [5, 5.41) is 30.2. The molecule has 4 atom stereocenters. The van der Waals surface area contributed by atoms with Gasteiger partial charge in [0.25, 0.3) is 16.0 Å². The van der Waals surface area contributed by atoms with Gasteiger partial charge in [-0.15, -0.1) is 0 Å². The third-order valence-corrected chi connectivity index (χ3v) is 22.2. The number of hydrogen-bond acceptors (Lipinski definition) is 17. The number of primary amides is 1. The number of thiazole rings is 1. The normalized spacial score (nSPS) is 20.4. The number of pyridine rings is 1. The quantitative estimate of drug-likeness (QED) is 0.00805. The van der Waals surface area contributed by atoms with E-state index in [2.05, 4.69) is 45.4 Å². The average Bonchev–Trinajstić information content (AvgIpc) is 0.834. The molecule has 3 aromatic heterocycles. The number of carboxylic acid groups (broad SMARTS) is 1. The van der Waals surface area contributed by atoms with Gasteiger partial charge in [-0.25, -0.2) is 24.4 Å². The van der Waals surface area contributed by atoms with Crippen molar-refractivity contribution in [3.8, 4) is 11.1 Å². The zero-order valence-electron chi connectivity index (χ0n) is 57.7. The first-order valence-corrected chi connectivity index (χ1v) is 38.4. The van der Waals surface area contributed by atoms with E-state index >= 15 is 0 Å². The van der Waals surface area contributed by atoms with Crippen LogP contribution in [-0.4, -0.2) is 151 Å². The highest BCUT2D eigenvalue weighted by Crippen LogP contribution is 2.72. The molecule has 4 heterocycles. The number of anilines is 3. The molecule has 0 spiro atoms. The molecule has 26 nitrogen and oxygen atoms in total. The summed E-state index contributed by atoms with van der Waals surface area (Å²) in [5.41, 5.74) is 9.99. The number of Topliss-reactive ketones (excluding diaryl/α,β-unsaturated/α-hetero) is 1. The number of hydrogen-bond donors (Lipinski definition) is 8. The van der Waals surface area contributed by atoms with Crippen molar-refractivity contribution >= 4 is 118 Å². The molecule has 1 aliphatic heterocycles. The standard InChI is InChI=1S/C72H91IN12O14S2/c1-45(2)61(81-59(87)18-7-6-10-26-75-60(88)34-73)56(86)33-49(14-12-27-76-66(74)93)63(89)78-50-21-19-47(20-22-50)37-98-68(94)83(30-32-101(95,96)97)29-31-99-72-41-69(4)38-70(5,42-72)40-71(39-69,43-72)44-85-46(3)53(35-77-85)51-23-24-58(80-62(51)65(91)92)84-28-25-48-13-11-15-52(54(48)36-84)64(90)82-67-79-55-16-8-9-17-57(55)100-67/h8-9,11,13,15-17,19-24,35,45,49,61H,6-7,10,12,14,18,25-34,36-44H2,1-5H3,(H,75,88)(H,78,89)(H,81,87)(H,91,92)(H3,74,76,93)(H,79,82,90)(H,95,96,97)/t49-,61+,69?,70?,71?,72?/m1/s1. The molecular formula is C72H91IN12O14S2. The van der Waals surface area contributed by atoms with Gasteiger partial charge in [-0.1, -0.05) is 104 Å². The highest BCUT2D eigenvalue weighted by atomic mass is 127. The molecule has 4 bridgehead atoms. The fourth-order valence-electron chi connectivity index (χ4n) is 16.5. The maximum Gasteiger partial charge on any atom is 0.410 e. The third kappa shape index (κ3) is 19.5. The van der Waals surface area contributed by atoms with Crippen molar-refractivity contribution in [1.82, 2.24) is 40.6 Å². The second-order valence-electron chi connectivity index (χ2n) is 28.8. The maximum atomic E-state index is 13.9. The molecular weight excluding hydrogens is 1450 g/mol. The van der Waals surface area contributed by atoms with Crippen LogP contribution in [0.5, 0.6) is 0 Å². The van der Waals surface area contributed by atoms with Crippen LogP contribution >= 0.6 is 33.9 Å². The Labute approximate surface area is 605 Å². The Morgan fingerprint density at radius 2 is 1.56 bits per heavy atom. The SMILES string of the molecule is Cc1c(-c2ccc(N3CCc4cccc(C(=O)Nc5nc6ccccc6s5)c4C3)nc2C(=O)O)cnn1CC12CC3(C)CC(C)(C1)CC(OCCN(CCS(=O)(=O)O)C(=O)OCc1ccc(NC(=O)[C@H](CCCNC(N)=O)CC(=O)[C@@H](NC(=O)CCCCCNC(=O)CI)C(C)C)cc1)(C3)C2. The van der Waals surface area contributed by atoms with E-state index in [0.29, 0.717) is 108 Å². The van der Waals surface area contributed by atoms with Gasteiger partial charge in [0, 0.05) is 92.6 Å². The highest BCUT2D eigenvalue weighted by Gasteiger charge is 2.66. The number of aromatic carboxylic acids is 1. The number of para-hydroxylation sites is 1. The summed E-state index contributed by atoms with van der Waals surface area (Å²) in [6.07, 6.45) is 9.02. The molecule has 4 fully saturated rings. The number of nitrogens with one attached hydrogen (secondary N) is 5. The molecule has 0 saturated heterocycles. The fraction of sp³-hybridized carbons (Fsp3) is 0.514. The molecule has 7 amide bonds. The second kappa shape index (κ2) is 32.5. The molecule has 4 aliphatic carbocycles. The molecule has 6 aromatic rings. The van der Waals surface area contributed by atoms with Gasteiger partial charge < -0.3 is 51.4 Å². The van der Waals surface area contributed by atoms with Gasteiger partial charge in [0.15, 0.2) is 16.6 Å². The topological polar surface area (TPSA) is 366 Å². The molecule has 11 rings (SSSR count). The second-order valence-corrected chi connectivity index (χ2v) is 32.2. The number of amides is 7. The van der Waals surface area contributed by atoms with Gasteiger partial charge in [0.05, 0.1) is 44.8 Å². The summed E-state index contributed by atoms with van der Waals surface area (Å²) in [6.45, 7) is 11.6. The monoisotopic (exact) mass is 1540 g/mol. The highest BCUT2D eigenvalue weighted by molar-refractivity contribution is 14.1. The smallest absolute Gasteiger partial charge is 0.410 e. The van der Waals surface area contributed by atoms with E-state index in [4.69, 9.17) is 25.3 Å². The number of halogens is 1. The van der Waals surface area contributed by atoms with E-state index in [1.165, 1.54) is 16.2 Å². The van der Waals surface area contributed by atoms with E-state index in [1.54, 1.807) is 42.6 Å². The number of aromatic nitrogens is 4. The molecule has 0 radical (unpaired) electrons. The van der Waals surface area contributed by atoms with Gasteiger partial charge in [-0.05, 0) is 159 Å². The van der Waals surface area contributed by atoms with E-state index in [9.17, 15) is 56.4 Å². The summed E-state index contributed by atoms with van der Waals surface area (Å²) in [5.74, 6) is -4.01. The molecule has 2 unspecified atom stereocenters. The van der Waals surface area contributed by atoms with Crippen LogP contribution < -0.4 is 37.2 Å².